The Bertz CT molecular complexity index is 570. The SMILES string of the molecule is O=S(=O)(N[C@H]1CCCN(CCCc2ccccc2)C1)C1CC1. The number of sulfonamides is 1. The molecule has 1 saturated heterocycles. The van der Waals surface area contributed by atoms with E-state index in [4.69, 9.17) is 0 Å². The Morgan fingerprint density at radius 2 is 1.91 bits per heavy atom. The van der Waals surface area contributed by atoms with E-state index in [1.54, 1.807) is 0 Å². The molecule has 2 fully saturated rings. The highest BCUT2D eigenvalue weighted by atomic mass is 32.2. The van der Waals surface area contributed by atoms with E-state index in [1.807, 2.05) is 6.07 Å². The number of hydrogen-bond donors (Lipinski definition) is 1. The lowest BCUT2D eigenvalue weighted by molar-refractivity contribution is 0.200. The van der Waals surface area contributed by atoms with Gasteiger partial charge < -0.3 is 4.90 Å². The van der Waals surface area contributed by atoms with Crippen molar-refractivity contribution in [3.63, 3.8) is 0 Å². The molecule has 2 aliphatic rings. The van der Waals surface area contributed by atoms with Crippen LogP contribution in [0.15, 0.2) is 30.3 Å². The van der Waals surface area contributed by atoms with Crippen molar-refractivity contribution < 1.29 is 8.42 Å². The third-order valence-corrected chi connectivity index (χ3v) is 6.59. The van der Waals surface area contributed by atoms with Crippen molar-refractivity contribution in [3.05, 3.63) is 35.9 Å². The summed E-state index contributed by atoms with van der Waals surface area (Å²) in [5.41, 5.74) is 1.38. The Labute approximate surface area is 134 Å². The maximum Gasteiger partial charge on any atom is 0.214 e. The van der Waals surface area contributed by atoms with Crippen LogP contribution < -0.4 is 4.72 Å². The summed E-state index contributed by atoms with van der Waals surface area (Å²) in [7, 11) is -3.05. The molecule has 0 aromatic heterocycles. The van der Waals surface area contributed by atoms with Crippen LogP contribution in [0.2, 0.25) is 0 Å². The lowest BCUT2D eigenvalue weighted by Gasteiger charge is -2.33. The van der Waals surface area contributed by atoms with Gasteiger partial charge >= 0.3 is 0 Å². The molecule has 0 bridgehead atoms. The summed E-state index contributed by atoms with van der Waals surface area (Å²) in [6.07, 6.45) is 5.96. The number of benzene rings is 1. The van der Waals surface area contributed by atoms with Gasteiger partial charge in [0.25, 0.3) is 0 Å². The number of nitrogens with zero attached hydrogens (tertiary/aromatic N) is 1. The highest BCUT2D eigenvalue weighted by molar-refractivity contribution is 7.90. The van der Waals surface area contributed by atoms with Crippen molar-refractivity contribution in [1.29, 1.82) is 0 Å². The van der Waals surface area contributed by atoms with Gasteiger partial charge in [0.2, 0.25) is 10.0 Å². The first-order valence-corrected chi connectivity index (χ1v) is 9.95. The van der Waals surface area contributed by atoms with Crippen LogP contribution in [0.25, 0.3) is 0 Å². The topological polar surface area (TPSA) is 49.4 Å². The molecule has 1 saturated carbocycles. The molecule has 0 amide bonds. The largest absolute Gasteiger partial charge is 0.302 e. The summed E-state index contributed by atoms with van der Waals surface area (Å²) in [5.74, 6) is 0. The van der Waals surface area contributed by atoms with Crippen LogP contribution >= 0.6 is 0 Å². The van der Waals surface area contributed by atoms with E-state index in [2.05, 4.69) is 33.9 Å². The quantitative estimate of drug-likeness (QED) is 0.837. The smallest absolute Gasteiger partial charge is 0.214 e. The molecule has 3 rings (SSSR count). The lowest BCUT2D eigenvalue weighted by atomic mass is 10.1. The molecular formula is C17H26N2O2S. The van der Waals surface area contributed by atoms with E-state index in [0.29, 0.717) is 0 Å². The number of rotatable bonds is 7. The zero-order valence-electron chi connectivity index (χ0n) is 13.1. The molecule has 1 aromatic carbocycles. The van der Waals surface area contributed by atoms with Crippen molar-refractivity contribution >= 4 is 10.0 Å². The van der Waals surface area contributed by atoms with Crippen LogP contribution in [0.3, 0.4) is 0 Å². The summed E-state index contributed by atoms with van der Waals surface area (Å²) >= 11 is 0. The Balaban J connectivity index is 1.42. The van der Waals surface area contributed by atoms with Crippen LogP contribution in [0.5, 0.6) is 0 Å². The second kappa shape index (κ2) is 7.11. The first kappa shape index (κ1) is 16.0. The maximum atomic E-state index is 12.0. The van der Waals surface area contributed by atoms with Gasteiger partial charge in [-0.3, -0.25) is 0 Å². The van der Waals surface area contributed by atoms with Crippen molar-refractivity contribution in [1.82, 2.24) is 9.62 Å². The number of hydrogen-bond acceptors (Lipinski definition) is 3. The number of piperidine rings is 1. The normalized spacial score (nSPS) is 23.5. The van der Waals surface area contributed by atoms with Crippen molar-refractivity contribution in [2.24, 2.45) is 0 Å². The Morgan fingerprint density at radius 3 is 2.64 bits per heavy atom. The molecule has 0 spiro atoms. The molecule has 1 N–H and O–H groups in total. The van der Waals surface area contributed by atoms with Gasteiger partial charge in [0.05, 0.1) is 5.25 Å². The highest BCUT2D eigenvalue weighted by Gasteiger charge is 2.37. The molecule has 5 heteroatoms. The van der Waals surface area contributed by atoms with E-state index in [1.165, 1.54) is 5.56 Å². The molecule has 22 heavy (non-hydrogen) atoms. The molecule has 0 unspecified atom stereocenters. The van der Waals surface area contributed by atoms with E-state index >= 15 is 0 Å². The Hall–Kier alpha value is -0.910. The Kier molecular flexibility index (Phi) is 5.16. The fourth-order valence-corrected chi connectivity index (χ4v) is 4.82. The first-order valence-electron chi connectivity index (χ1n) is 8.41. The minimum absolute atomic E-state index is 0.107. The van der Waals surface area contributed by atoms with Crippen LogP contribution in [0, 0.1) is 0 Å². The van der Waals surface area contributed by atoms with E-state index in [0.717, 1.165) is 58.2 Å². The number of nitrogens with one attached hydrogen (secondary N) is 1. The van der Waals surface area contributed by atoms with Gasteiger partial charge in [-0.1, -0.05) is 30.3 Å². The molecule has 1 aliphatic heterocycles. The second-order valence-electron chi connectivity index (χ2n) is 6.59. The van der Waals surface area contributed by atoms with E-state index in [9.17, 15) is 8.42 Å². The van der Waals surface area contributed by atoms with Gasteiger partial charge in [-0.15, -0.1) is 0 Å². The summed E-state index contributed by atoms with van der Waals surface area (Å²) in [6, 6.07) is 10.7. The van der Waals surface area contributed by atoms with Crippen molar-refractivity contribution in [2.75, 3.05) is 19.6 Å². The predicted molar refractivity (Wildman–Crippen MR) is 89.3 cm³/mol. The molecule has 1 heterocycles. The fourth-order valence-electron chi connectivity index (χ4n) is 3.21. The zero-order valence-corrected chi connectivity index (χ0v) is 13.9. The molecule has 0 radical (unpaired) electrons. The van der Waals surface area contributed by atoms with Gasteiger partial charge in [0, 0.05) is 12.6 Å². The minimum Gasteiger partial charge on any atom is -0.302 e. The number of likely N-dealkylation sites (tertiary alicyclic amines) is 1. The third kappa shape index (κ3) is 4.54. The molecule has 4 nitrogen and oxygen atoms in total. The molecule has 1 aromatic rings. The van der Waals surface area contributed by atoms with Gasteiger partial charge in [0.15, 0.2) is 0 Å². The molecular weight excluding hydrogens is 296 g/mol. The summed E-state index contributed by atoms with van der Waals surface area (Å²) < 4.78 is 27.0. The third-order valence-electron chi connectivity index (χ3n) is 4.58. The van der Waals surface area contributed by atoms with Gasteiger partial charge in [0.1, 0.15) is 0 Å². The van der Waals surface area contributed by atoms with Gasteiger partial charge in [-0.25, -0.2) is 13.1 Å². The summed E-state index contributed by atoms with van der Waals surface area (Å²) in [4.78, 5) is 2.41. The standard InChI is InChI=1S/C17H26N2O2S/c20-22(21,17-10-11-17)18-16-9-5-13-19(14-16)12-4-8-15-6-2-1-3-7-15/h1-3,6-7,16-18H,4-5,8-14H2/t16-/m0/s1. The van der Waals surface area contributed by atoms with Crippen molar-refractivity contribution in [3.8, 4) is 0 Å². The fraction of sp³-hybridized carbons (Fsp3) is 0.647. The average molecular weight is 322 g/mol. The second-order valence-corrected chi connectivity index (χ2v) is 8.58. The van der Waals surface area contributed by atoms with Crippen molar-refractivity contribution in [2.45, 2.75) is 49.8 Å². The minimum atomic E-state index is -3.05. The van der Waals surface area contributed by atoms with Gasteiger partial charge in [-0.2, -0.15) is 0 Å². The highest BCUT2D eigenvalue weighted by Crippen LogP contribution is 2.28. The first-order chi connectivity index (χ1) is 10.6. The predicted octanol–water partition coefficient (Wildman–Crippen LogP) is 2.17. The van der Waals surface area contributed by atoms with Crippen LogP contribution in [-0.4, -0.2) is 44.2 Å². The van der Waals surface area contributed by atoms with Gasteiger partial charge in [-0.05, 0) is 57.2 Å². The lowest BCUT2D eigenvalue weighted by Crippen LogP contribution is -2.48. The van der Waals surface area contributed by atoms with Crippen LogP contribution in [0.1, 0.15) is 37.7 Å². The maximum absolute atomic E-state index is 12.0. The molecule has 122 valence electrons. The zero-order chi connectivity index (χ0) is 15.4. The molecule has 1 aliphatic carbocycles. The molecule has 1 atom stereocenters. The van der Waals surface area contributed by atoms with Crippen LogP contribution in [-0.2, 0) is 16.4 Å². The monoisotopic (exact) mass is 322 g/mol. The van der Waals surface area contributed by atoms with Crippen LogP contribution in [0.4, 0.5) is 0 Å². The summed E-state index contributed by atoms with van der Waals surface area (Å²) in [5, 5.41) is -0.110. The van der Waals surface area contributed by atoms with E-state index in [-0.39, 0.29) is 11.3 Å². The van der Waals surface area contributed by atoms with E-state index < -0.39 is 10.0 Å². The number of aryl methyl sites for hydroxylation is 1. The average Bonchev–Trinajstić information content (AvgIpc) is 3.33. The Morgan fingerprint density at radius 1 is 1.14 bits per heavy atom. The summed E-state index contributed by atoms with van der Waals surface area (Å²) in [6.45, 7) is 3.01.